The number of rotatable bonds is 8. The summed E-state index contributed by atoms with van der Waals surface area (Å²) in [5.41, 5.74) is 6.91. The third-order valence-corrected chi connectivity index (χ3v) is 12.7. The summed E-state index contributed by atoms with van der Waals surface area (Å²) in [6.07, 6.45) is 9.08. The van der Waals surface area contributed by atoms with Crippen molar-refractivity contribution >= 4 is 48.1 Å². The van der Waals surface area contributed by atoms with Crippen molar-refractivity contribution < 1.29 is 30.0 Å². The van der Waals surface area contributed by atoms with Crippen molar-refractivity contribution in [1.82, 2.24) is 4.98 Å². The summed E-state index contributed by atoms with van der Waals surface area (Å²) in [5.74, 6) is 0.547. The van der Waals surface area contributed by atoms with Gasteiger partial charge in [-0.3, -0.25) is 9.78 Å². The first-order valence-corrected chi connectivity index (χ1v) is 20.0. The molecule has 0 aliphatic heterocycles. The molecule has 53 heavy (non-hydrogen) atoms. The van der Waals surface area contributed by atoms with Crippen LogP contribution in [0.2, 0.25) is 0 Å². The summed E-state index contributed by atoms with van der Waals surface area (Å²) < 4.78 is 2.40. The second kappa shape index (κ2) is 16.6. The zero-order chi connectivity index (χ0) is 38.2. The van der Waals surface area contributed by atoms with Crippen molar-refractivity contribution in [2.24, 2.45) is 11.8 Å². The maximum atomic E-state index is 11.7. The molecule has 1 radical (unpaired) electrons. The van der Waals surface area contributed by atoms with Crippen molar-refractivity contribution in [3.63, 3.8) is 0 Å². The van der Waals surface area contributed by atoms with Gasteiger partial charge in [0.2, 0.25) is 0 Å². The Bertz CT molecular complexity index is 2190. The molecule has 3 aromatic carbocycles. The first kappa shape index (κ1) is 42.4. The molecular weight excluding hydrogens is 849 g/mol. The zero-order valence-corrected chi connectivity index (χ0v) is 36.8. The van der Waals surface area contributed by atoms with E-state index in [0.29, 0.717) is 0 Å². The van der Waals surface area contributed by atoms with Gasteiger partial charge < -0.3 is 5.11 Å². The number of aliphatic hydroxyl groups excluding tert-OH is 1. The number of allylic oxidation sites excluding steroid dienone is 2. The van der Waals surface area contributed by atoms with E-state index in [9.17, 15) is 15.2 Å². The van der Waals surface area contributed by atoms with Crippen LogP contribution >= 0.6 is 11.3 Å². The number of hydrogen-bond acceptors (Lipinski definition) is 5. The minimum atomic E-state index is -0.0137. The van der Waals surface area contributed by atoms with E-state index >= 15 is 0 Å². The van der Waals surface area contributed by atoms with Crippen LogP contribution in [-0.4, -0.2) is 15.9 Å². The van der Waals surface area contributed by atoms with Gasteiger partial charge >= 0.3 is 0 Å². The minimum absolute atomic E-state index is 0. The van der Waals surface area contributed by atoms with Crippen LogP contribution in [-0.2, 0) is 41.1 Å². The third kappa shape index (κ3) is 8.34. The molecule has 1 aliphatic rings. The number of hydrogen-bond donors (Lipinski definition) is 1. The summed E-state index contributed by atoms with van der Waals surface area (Å²) in [5, 5.41) is 24.6. The molecule has 0 fully saturated rings. The molecule has 2 aromatic heterocycles. The molecule has 0 spiro atoms. The van der Waals surface area contributed by atoms with Crippen molar-refractivity contribution in [3.8, 4) is 17.3 Å². The van der Waals surface area contributed by atoms with E-state index in [0.717, 1.165) is 76.2 Å². The van der Waals surface area contributed by atoms with E-state index in [4.69, 9.17) is 4.98 Å². The van der Waals surface area contributed by atoms with Crippen LogP contribution in [0.1, 0.15) is 137 Å². The van der Waals surface area contributed by atoms with E-state index in [2.05, 4.69) is 103 Å². The number of ketones is 1. The van der Waals surface area contributed by atoms with Gasteiger partial charge in [0.05, 0.1) is 17.4 Å². The second-order valence-electron chi connectivity index (χ2n) is 17.0. The maximum Gasteiger partial charge on any atom is 0.162 e. The fraction of sp³-hybridized carbons (Fsp3) is 0.468. The molecule has 1 aliphatic carbocycles. The van der Waals surface area contributed by atoms with Crippen molar-refractivity contribution in [2.75, 3.05) is 0 Å². The number of nitrogens with zero attached hydrogens (tertiary/aromatic N) is 2. The minimum Gasteiger partial charge on any atom is -0.512 e. The van der Waals surface area contributed by atoms with E-state index in [1.165, 1.54) is 32.9 Å². The molecule has 2 heterocycles. The fourth-order valence-corrected chi connectivity index (χ4v) is 9.56. The number of aromatic nitrogens is 1. The number of fused-ring (bicyclic) bond motifs is 6. The van der Waals surface area contributed by atoms with Crippen molar-refractivity contribution in [3.05, 3.63) is 88.8 Å². The Balaban J connectivity index is 0.000000335. The molecule has 283 valence electrons. The van der Waals surface area contributed by atoms with Gasteiger partial charge in [0.25, 0.3) is 0 Å². The van der Waals surface area contributed by atoms with Crippen LogP contribution in [0.15, 0.2) is 60.5 Å². The van der Waals surface area contributed by atoms with Gasteiger partial charge in [-0.1, -0.05) is 105 Å². The quantitative estimate of drug-likeness (QED) is 0.0956. The molecule has 0 unspecified atom stereocenters. The largest absolute Gasteiger partial charge is 0.512 e. The molecule has 4 nitrogen and oxygen atoms in total. The Morgan fingerprint density at radius 2 is 1.57 bits per heavy atom. The average molecular weight is 906 g/mol. The molecule has 0 bridgehead atoms. The summed E-state index contributed by atoms with van der Waals surface area (Å²) in [6.45, 7) is 24.2. The number of pyridine rings is 1. The predicted octanol–water partition coefficient (Wildman–Crippen LogP) is 13.5. The van der Waals surface area contributed by atoms with Crippen LogP contribution in [0.5, 0.6) is 0 Å². The Kier molecular flexibility index (Phi) is 13.2. The second-order valence-corrected chi connectivity index (χ2v) is 18.0. The van der Waals surface area contributed by atoms with Crippen LogP contribution in [0.4, 0.5) is 0 Å². The van der Waals surface area contributed by atoms with Gasteiger partial charge in [0, 0.05) is 64.7 Å². The number of carbonyl (C=O) groups excluding carboxylic acids is 1. The average Bonchev–Trinajstić information content (AvgIpc) is 3.50. The van der Waals surface area contributed by atoms with Gasteiger partial charge in [-0.15, -0.1) is 40.5 Å². The molecule has 6 rings (SSSR count). The maximum absolute atomic E-state index is 11.7. The van der Waals surface area contributed by atoms with Crippen LogP contribution < -0.4 is 0 Å². The smallest absolute Gasteiger partial charge is 0.162 e. The molecule has 0 atom stereocenters. The summed E-state index contributed by atoms with van der Waals surface area (Å²) in [7, 11) is 0. The number of benzene rings is 3. The van der Waals surface area contributed by atoms with E-state index in [-0.39, 0.29) is 59.7 Å². The SMILES string of the molecule is CC(C)(C)c1cc(-c2nccc3c2sc2c4c(cc(C#N)c23)C(C)(C)CCC4(C)C)[c-]c2ccccc12.CCC(CC)C(=O)/C=C(\O)C(CC)CC.[Ir]. The predicted molar refractivity (Wildman–Crippen MR) is 221 cm³/mol. The van der Waals surface area contributed by atoms with Crippen LogP contribution in [0, 0.1) is 29.2 Å². The summed E-state index contributed by atoms with van der Waals surface area (Å²) >= 11 is 1.82. The van der Waals surface area contributed by atoms with Crippen LogP contribution in [0.3, 0.4) is 0 Å². The topological polar surface area (TPSA) is 74.0 Å². The first-order chi connectivity index (χ1) is 24.5. The van der Waals surface area contributed by atoms with Gasteiger partial charge in [-0.05, 0) is 83.4 Å². The Hall–Kier alpha value is -3.36. The van der Waals surface area contributed by atoms with Crippen molar-refractivity contribution in [2.45, 2.75) is 131 Å². The monoisotopic (exact) mass is 906 g/mol. The molecule has 0 amide bonds. The van der Waals surface area contributed by atoms with Crippen LogP contribution in [0.25, 0.3) is 42.2 Å². The first-order valence-electron chi connectivity index (χ1n) is 19.2. The number of nitriles is 1. The normalized spacial score (nSPS) is 15.2. The Labute approximate surface area is 335 Å². The number of carbonyl (C=O) groups is 1. The van der Waals surface area contributed by atoms with Gasteiger partial charge in [-0.25, -0.2) is 0 Å². The fourth-order valence-electron chi connectivity index (χ4n) is 8.01. The molecule has 1 N–H and O–H groups in total. The number of thiophene rings is 1. The molecule has 0 saturated carbocycles. The molecule has 0 saturated heterocycles. The van der Waals surface area contributed by atoms with E-state index < -0.39 is 0 Å². The summed E-state index contributed by atoms with van der Waals surface area (Å²) in [6, 6.07) is 21.3. The Morgan fingerprint density at radius 1 is 0.943 bits per heavy atom. The van der Waals surface area contributed by atoms with Gasteiger partial charge in [0.15, 0.2) is 5.78 Å². The zero-order valence-electron chi connectivity index (χ0n) is 33.6. The summed E-state index contributed by atoms with van der Waals surface area (Å²) in [4.78, 5) is 16.6. The van der Waals surface area contributed by atoms with Gasteiger partial charge in [0.1, 0.15) is 0 Å². The standard InChI is InChI=1S/C34H33N2S.C13H24O2.Ir/c1-32(2,3)25-17-21(16-20-10-8-9-11-23(20)25)29-30-24(12-15-36-29)27-22(19-35)18-26-28(31(27)37-30)34(6,7)14-13-33(26,4)5;1-5-10(6-2)12(14)9-13(15)11(7-3)8-4;/h8-12,15,17-18H,13-14H2,1-7H3;9-11,14H,5-8H2,1-4H3;/q-1;;/b;12-9-;. The number of aliphatic hydroxyl groups is 1. The van der Waals surface area contributed by atoms with Crippen molar-refractivity contribution in [1.29, 1.82) is 5.26 Å². The van der Waals surface area contributed by atoms with E-state index in [1.807, 2.05) is 45.2 Å². The molecule has 5 aromatic rings. The third-order valence-electron chi connectivity index (χ3n) is 11.5. The van der Waals surface area contributed by atoms with Gasteiger partial charge in [-0.2, -0.15) is 5.26 Å². The Morgan fingerprint density at radius 3 is 2.17 bits per heavy atom. The van der Waals surface area contributed by atoms with E-state index in [1.54, 1.807) is 0 Å². The molecular formula is C47H57IrN2O2S-. The molecule has 6 heteroatoms.